The van der Waals surface area contributed by atoms with Crippen molar-refractivity contribution in [1.29, 1.82) is 0 Å². The highest BCUT2D eigenvalue weighted by Gasteiger charge is 2.31. The summed E-state index contributed by atoms with van der Waals surface area (Å²) < 4.78 is 0. The number of hydrogen-bond donors (Lipinski definition) is 1. The van der Waals surface area contributed by atoms with E-state index in [-0.39, 0.29) is 11.8 Å². The van der Waals surface area contributed by atoms with Crippen molar-refractivity contribution in [3.63, 3.8) is 0 Å². The molecule has 0 bridgehead atoms. The maximum atomic E-state index is 12.5. The molecule has 3 nitrogen and oxygen atoms in total. The fourth-order valence-corrected chi connectivity index (χ4v) is 2.90. The number of carbonyl (C=O) groups is 1. The van der Waals surface area contributed by atoms with Crippen molar-refractivity contribution in [3.05, 3.63) is 0 Å². The van der Waals surface area contributed by atoms with Gasteiger partial charge in [0.05, 0.1) is 10.9 Å². The highest BCUT2D eigenvalue weighted by Crippen LogP contribution is 2.25. The lowest BCUT2D eigenvalue weighted by atomic mass is 10.0. The summed E-state index contributed by atoms with van der Waals surface area (Å²) in [5.74, 6) is -0.107. The molecule has 0 spiro atoms. The Morgan fingerprint density at radius 2 is 2.00 bits per heavy atom. The summed E-state index contributed by atoms with van der Waals surface area (Å²) in [6, 6.07) is 0.418. The Hall–Kier alpha value is -0.640. The normalized spacial score (nSPS) is 18.0. The van der Waals surface area contributed by atoms with Crippen LogP contribution in [0.3, 0.4) is 0 Å². The first-order chi connectivity index (χ1) is 8.11. The molecule has 1 unspecified atom stereocenters. The number of amides is 1. The van der Waals surface area contributed by atoms with Gasteiger partial charge >= 0.3 is 0 Å². The van der Waals surface area contributed by atoms with E-state index in [1.807, 2.05) is 11.8 Å². The van der Waals surface area contributed by atoms with Crippen LogP contribution >= 0.6 is 12.2 Å². The second-order valence-corrected chi connectivity index (χ2v) is 5.28. The third-order valence-corrected chi connectivity index (χ3v) is 3.89. The number of carbonyl (C=O) groups excluding carboxylic acids is 1. The van der Waals surface area contributed by atoms with Crippen LogP contribution in [0.5, 0.6) is 0 Å². The summed E-state index contributed by atoms with van der Waals surface area (Å²) >= 11 is 5.03. The zero-order chi connectivity index (χ0) is 12.8. The third-order valence-electron chi connectivity index (χ3n) is 3.61. The smallest absolute Gasteiger partial charge is 0.232 e. The van der Waals surface area contributed by atoms with E-state index in [9.17, 15) is 4.79 Å². The lowest BCUT2D eigenvalue weighted by molar-refractivity contribution is -0.135. The van der Waals surface area contributed by atoms with Crippen molar-refractivity contribution >= 4 is 23.1 Å². The standard InChI is InChI=1S/C13H24N2OS/c1-3-7-11(12(14)17)13(16)15(4-2)10-8-5-6-9-10/h10-11H,3-9H2,1-2H3,(H2,14,17). The van der Waals surface area contributed by atoms with Crippen LogP contribution in [0.25, 0.3) is 0 Å². The zero-order valence-corrected chi connectivity index (χ0v) is 11.8. The van der Waals surface area contributed by atoms with Crippen LogP contribution in [-0.2, 0) is 4.79 Å². The maximum absolute atomic E-state index is 12.5. The van der Waals surface area contributed by atoms with Crippen molar-refractivity contribution in [2.75, 3.05) is 6.54 Å². The molecule has 0 aliphatic heterocycles. The van der Waals surface area contributed by atoms with Gasteiger partial charge in [0, 0.05) is 12.6 Å². The Labute approximate surface area is 110 Å². The molecule has 98 valence electrons. The predicted molar refractivity (Wildman–Crippen MR) is 74.8 cm³/mol. The monoisotopic (exact) mass is 256 g/mol. The summed E-state index contributed by atoms with van der Waals surface area (Å²) in [7, 11) is 0. The van der Waals surface area contributed by atoms with Crippen molar-refractivity contribution in [2.24, 2.45) is 11.7 Å². The van der Waals surface area contributed by atoms with E-state index in [1.54, 1.807) is 0 Å². The molecular weight excluding hydrogens is 232 g/mol. The van der Waals surface area contributed by atoms with Crippen molar-refractivity contribution in [1.82, 2.24) is 4.90 Å². The van der Waals surface area contributed by atoms with Crippen LogP contribution in [0.15, 0.2) is 0 Å². The van der Waals surface area contributed by atoms with Gasteiger partial charge in [0.1, 0.15) is 0 Å². The molecule has 1 fully saturated rings. The summed E-state index contributed by atoms with van der Waals surface area (Å²) in [5.41, 5.74) is 5.70. The molecule has 1 aliphatic carbocycles. The minimum Gasteiger partial charge on any atom is -0.393 e. The fourth-order valence-electron chi connectivity index (χ4n) is 2.69. The largest absolute Gasteiger partial charge is 0.393 e. The highest BCUT2D eigenvalue weighted by atomic mass is 32.1. The Kier molecular flexibility index (Phi) is 5.89. The minimum atomic E-state index is -0.254. The summed E-state index contributed by atoms with van der Waals surface area (Å²) in [5, 5.41) is 0. The Morgan fingerprint density at radius 3 is 2.41 bits per heavy atom. The van der Waals surface area contributed by atoms with Gasteiger partial charge in [-0.3, -0.25) is 4.79 Å². The second kappa shape index (κ2) is 6.94. The van der Waals surface area contributed by atoms with E-state index in [1.165, 1.54) is 12.8 Å². The number of thiocarbonyl (C=S) groups is 1. The average Bonchev–Trinajstić information content (AvgIpc) is 2.79. The van der Waals surface area contributed by atoms with Gasteiger partial charge in [-0.05, 0) is 26.2 Å². The molecule has 1 rings (SSSR count). The molecule has 0 radical (unpaired) electrons. The molecule has 0 aromatic carbocycles. The zero-order valence-electron chi connectivity index (χ0n) is 10.9. The topological polar surface area (TPSA) is 46.3 Å². The van der Waals surface area contributed by atoms with Crippen molar-refractivity contribution in [2.45, 2.75) is 58.4 Å². The number of nitrogens with zero attached hydrogens (tertiary/aromatic N) is 1. The minimum absolute atomic E-state index is 0.147. The molecule has 0 aromatic heterocycles. The van der Waals surface area contributed by atoms with Crippen LogP contribution in [0.2, 0.25) is 0 Å². The molecule has 0 saturated heterocycles. The van der Waals surface area contributed by atoms with Crippen LogP contribution < -0.4 is 5.73 Å². The van der Waals surface area contributed by atoms with Crippen LogP contribution in [-0.4, -0.2) is 28.4 Å². The van der Waals surface area contributed by atoms with Crippen LogP contribution in [0, 0.1) is 5.92 Å². The molecule has 1 saturated carbocycles. The summed E-state index contributed by atoms with van der Waals surface area (Å²) in [6.07, 6.45) is 6.46. The van der Waals surface area contributed by atoms with E-state index in [2.05, 4.69) is 6.92 Å². The Morgan fingerprint density at radius 1 is 1.41 bits per heavy atom. The van der Waals surface area contributed by atoms with Gasteiger partial charge in [-0.15, -0.1) is 0 Å². The molecule has 1 amide bonds. The van der Waals surface area contributed by atoms with Gasteiger partial charge < -0.3 is 10.6 Å². The first kappa shape index (κ1) is 14.4. The van der Waals surface area contributed by atoms with Crippen LogP contribution in [0.4, 0.5) is 0 Å². The first-order valence-corrected chi connectivity index (χ1v) is 7.12. The van der Waals surface area contributed by atoms with Crippen molar-refractivity contribution < 1.29 is 4.79 Å². The lowest BCUT2D eigenvalue weighted by Crippen LogP contribution is -2.45. The molecule has 4 heteroatoms. The van der Waals surface area contributed by atoms with E-state index in [0.717, 1.165) is 32.2 Å². The quantitative estimate of drug-likeness (QED) is 0.743. The van der Waals surface area contributed by atoms with Crippen LogP contribution in [0.1, 0.15) is 52.4 Å². The average molecular weight is 256 g/mol. The Balaban J connectivity index is 2.71. The van der Waals surface area contributed by atoms with Gasteiger partial charge in [0.15, 0.2) is 0 Å². The third kappa shape index (κ3) is 3.66. The molecule has 1 aliphatic rings. The van der Waals surface area contributed by atoms with Gasteiger partial charge in [0.2, 0.25) is 5.91 Å². The Bertz CT molecular complexity index is 275. The second-order valence-electron chi connectivity index (χ2n) is 4.81. The number of hydrogen-bond acceptors (Lipinski definition) is 2. The molecular formula is C13H24N2OS. The first-order valence-electron chi connectivity index (χ1n) is 6.71. The number of rotatable bonds is 6. The molecule has 0 heterocycles. The fraction of sp³-hybridized carbons (Fsp3) is 0.846. The van der Waals surface area contributed by atoms with E-state index in [4.69, 9.17) is 18.0 Å². The van der Waals surface area contributed by atoms with E-state index in [0.29, 0.717) is 11.0 Å². The maximum Gasteiger partial charge on any atom is 0.232 e. The summed E-state index contributed by atoms with van der Waals surface area (Å²) in [6.45, 7) is 4.87. The van der Waals surface area contributed by atoms with E-state index < -0.39 is 0 Å². The van der Waals surface area contributed by atoms with Gasteiger partial charge in [-0.25, -0.2) is 0 Å². The number of nitrogens with two attached hydrogens (primary N) is 1. The molecule has 2 N–H and O–H groups in total. The summed E-state index contributed by atoms with van der Waals surface area (Å²) in [4.78, 5) is 14.8. The predicted octanol–water partition coefficient (Wildman–Crippen LogP) is 2.48. The van der Waals surface area contributed by atoms with Crippen molar-refractivity contribution in [3.8, 4) is 0 Å². The molecule has 1 atom stereocenters. The lowest BCUT2D eigenvalue weighted by Gasteiger charge is -2.31. The van der Waals surface area contributed by atoms with Gasteiger partial charge in [-0.1, -0.05) is 38.4 Å². The SMILES string of the molecule is CCCC(C(=O)N(CC)C1CCCC1)C(N)=S. The molecule has 0 aromatic rings. The van der Waals surface area contributed by atoms with Gasteiger partial charge in [0.25, 0.3) is 0 Å². The molecule has 17 heavy (non-hydrogen) atoms. The van der Waals surface area contributed by atoms with E-state index >= 15 is 0 Å². The van der Waals surface area contributed by atoms with Gasteiger partial charge in [-0.2, -0.15) is 0 Å². The highest BCUT2D eigenvalue weighted by molar-refractivity contribution is 7.80.